The molecule has 0 aliphatic heterocycles. The molecule has 0 saturated heterocycles. The first-order chi connectivity index (χ1) is 13.0. The second kappa shape index (κ2) is 9.11. The van der Waals surface area contributed by atoms with Crippen molar-refractivity contribution in [2.24, 2.45) is 5.73 Å². The Bertz CT molecular complexity index is 771. The fraction of sp³-hybridized carbons (Fsp3) is 0.381. The lowest BCUT2D eigenvalue weighted by Gasteiger charge is -2.26. The summed E-state index contributed by atoms with van der Waals surface area (Å²) < 4.78 is 11.2. The normalized spacial score (nSPS) is 19.4. The summed E-state index contributed by atoms with van der Waals surface area (Å²) in [7, 11) is 1.56. The average Bonchev–Trinajstić information content (AvgIpc) is 2.69. The van der Waals surface area contributed by atoms with Gasteiger partial charge in [-0.15, -0.1) is 0 Å². The van der Waals surface area contributed by atoms with Crippen molar-refractivity contribution in [1.29, 1.82) is 0 Å². The van der Waals surface area contributed by atoms with Crippen molar-refractivity contribution < 1.29 is 14.3 Å². The van der Waals surface area contributed by atoms with Gasteiger partial charge in [-0.1, -0.05) is 23.7 Å². The van der Waals surface area contributed by atoms with Crippen molar-refractivity contribution in [3.05, 3.63) is 58.6 Å². The Morgan fingerprint density at radius 1 is 1.11 bits per heavy atom. The molecule has 6 heteroatoms. The third-order valence-corrected chi connectivity index (χ3v) is 5.09. The largest absolute Gasteiger partial charge is 0.493 e. The first-order valence-electron chi connectivity index (χ1n) is 9.17. The van der Waals surface area contributed by atoms with E-state index in [4.69, 9.17) is 26.8 Å². The van der Waals surface area contributed by atoms with Gasteiger partial charge in [-0.3, -0.25) is 4.79 Å². The number of nitrogens with two attached hydrogens (primary N) is 1. The predicted molar refractivity (Wildman–Crippen MR) is 106 cm³/mol. The number of nitrogens with one attached hydrogen (secondary N) is 1. The molecule has 0 spiro atoms. The smallest absolute Gasteiger partial charge is 0.251 e. The molecule has 1 amide bonds. The van der Waals surface area contributed by atoms with Crippen molar-refractivity contribution in [2.75, 3.05) is 7.11 Å². The minimum Gasteiger partial charge on any atom is -0.493 e. The van der Waals surface area contributed by atoms with Gasteiger partial charge >= 0.3 is 0 Å². The van der Waals surface area contributed by atoms with Gasteiger partial charge in [-0.2, -0.15) is 0 Å². The van der Waals surface area contributed by atoms with Crippen molar-refractivity contribution in [2.45, 2.75) is 44.4 Å². The Balaban J connectivity index is 1.62. The van der Waals surface area contributed by atoms with Crippen LogP contribution in [0.15, 0.2) is 42.5 Å². The molecule has 1 saturated carbocycles. The number of benzene rings is 2. The second-order valence-electron chi connectivity index (χ2n) is 6.87. The predicted octanol–water partition coefficient (Wildman–Crippen LogP) is 3.93. The number of halogens is 1. The molecular weight excluding hydrogens is 364 g/mol. The van der Waals surface area contributed by atoms with Crippen LogP contribution in [0, 0.1) is 0 Å². The van der Waals surface area contributed by atoms with Gasteiger partial charge in [0.05, 0.1) is 7.11 Å². The first kappa shape index (κ1) is 19.5. The topological polar surface area (TPSA) is 73.6 Å². The Labute approximate surface area is 164 Å². The van der Waals surface area contributed by atoms with Crippen molar-refractivity contribution in [1.82, 2.24) is 5.32 Å². The van der Waals surface area contributed by atoms with E-state index in [0.29, 0.717) is 28.7 Å². The summed E-state index contributed by atoms with van der Waals surface area (Å²) in [6.45, 7) is 0.390. The molecule has 5 nitrogen and oxygen atoms in total. The summed E-state index contributed by atoms with van der Waals surface area (Å²) in [5.41, 5.74) is 7.48. The van der Waals surface area contributed by atoms with Crippen LogP contribution in [-0.2, 0) is 6.61 Å². The van der Waals surface area contributed by atoms with E-state index < -0.39 is 0 Å². The summed E-state index contributed by atoms with van der Waals surface area (Å²) in [5, 5.41) is 3.77. The van der Waals surface area contributed by atoms with E-state index in [1.807, 2.05) is 24.3 Å². The molecule has 3 N–H and O–H groups in total. The molecule has 3 rings (SSSR count). The standard InChI is InChI=1S/C21H25ClN2O3/c1-26-20-12-15(21(25)24-18-9-7-17(23)8-10-18)4-11-19(20)27-13-14-2-5-16(22)6-3-14/h2-6,11-12,17-18H,7-10,13,23H2,1H3,(H,24,25). The minimum atomic E-state index is -0.0991. The maximum absolute atomic E-state index is 12.5. The van der Waals surface area contributed by atoms with Crippen LogP contribution in [0.5, 0.6) is 11.5 Å². The molecular formula is C21H25ClN2O3. The summed E-state index contributed by atoms with van der Waals surface area (Å²) in [6, 6.07) is 13.1. The van der Waals surface area contributed by atoms with Gasteiger partial charge in [0.15, 0.2) is 11.5 Å². The van der Waals surface area contributed by atoms with Gasteiger partial charge in [0.25, 0.3) is 5.91 Å². The van der Waals surface area contributed by atoms with Gasteiger partial charge in [-0.25, -0.2) is 0 Å². The number of rotatable bonds is 6. The molecule has 2 aromatic rings. The number of carbonyl (C=O) groups excluding carboxylic acids is 1. The Morgan fingerprint density at radius 2 is 1.81 bits per heavy atom. The molecule has 0 aromatic heterocycles. The molecule has 0 unspecified atom stereocenters. The van der Waals surface area contributed by atoms with E-state index in [1.165, 1.54) is 0 Å². The van der Waals surface area contributed by atoms with E-state index in [1.54, 1.807) is 25.3 Å². The monoisotopic (exact) mass is 388 g/mol. The number of methoxy groups -OCH3 is 1. The summed E-state index contributed by atoms with van der Waals surface area (Å²) in [5.74, 6) is 1.02. The second-order valence-corrected chi connectivity index (χ2v) is 7.30. The number of carbonyl (C=O) groups is 1. The van der Waals surface area contributed by atoms with E-state index >= 15 is 0 Å². The van der Waals surface area contributed by atoms with E-state index in [0.717, 1.165) is 31.2 Å². The molecule has 0 bridgehead atoms. The van der Waals surface area contributed by atoms with Gasteiger partial charge in [0, 0.05) is 22.7 Å². The molecule has 144 valence electrons. The van der Waals surface area contributed by atoms with Gasteiger partial charge in [0.1, 0.15) is 6.61 Å². The zero-order valence-electron chi connectivity index (χ0n) is 15.4. The average molecular weight is 389 g/mol. The Kier molecular flexibility index (Phi) is 6.58. The summed E-state index contributed by atoms with van der Waals surface area (Å²) in [4.78, 5) is 12.5. The van der Waals surface area contributed by atoms with Crippen molar-refractivity contribution in [3.63, 3.8) is 0 Å². The zero-order valence-corrected chi connectivity index (χ0v) is 16.2. The Morgan fingerprint density at radius 3 is 2.48 bits per heavy atom. The van der Waals surface area contributed by atoms with Gasteiger partial charge in [-0.05, 0) is 61.6 Å². The number of hydrogen-bond donors (Lipinski definition) is 2. The lowest BCUT2D eigenvalue weighted by atomic mass is 9.91. The van der Waals surface area contributed by atoms with E-state index in [-0.39, 0.29) is 18.0 Å². The summed E-state index contributed by atoms with van der Waals surface area (Å²) >= 11 is 5.90. The van der Waals surface area contributed by atoms with Crippen LogP contribution in [0.2, 0.25) is 5.02 Å². The van der Waals surface area contributed by atoms with Crippen LogP contribution >= 0.6 is 11.6 Å². The van der Waals surface area contributed by atoms with Crippen molar-refractivity contribution in [3.8, 4) is 11.5 Å². The Hall–Kier alpha value is -2.24. The third-order valence-electron chi connectivity index (χ3n) is 4.84. The minimum absolute atomic E-state index is 0.0991. The number of amides is 1. The molecule has 27 heavy (non-hydrogen) atoms. The maximum Gasteiger partial charge on any atom is 0.251 e. The van der Waals surface area contributed by atoms with Crippen LogP contribution < -0.4 is 20.5 Å². The lowest BCUT2D eigenvalue weighted by Crippen LogP contribution is -2.40. The molecule has 1 fully saturated rings. The first-order valence-corrected chi connectivity index (χ1v) is 9.54. The van der Waals surface area contributed by atoms with Gasteiger partial charge in [0.2, 0.25) is 0 Å². The molecule has 0 radical (unpaired) electrons. The van der Waals surface area contributed by atoms with Crippen LogP contribution in [-0.4, -0.2) is 25.1 Å². The molecule has 1 aliphatic carbocycles. The summed E-state index contributed by atoms with van der Waals surface area (Å²) in [6.07, 6.45) is 3.75. The highest BCUT2D eigenvalue weighted by atomic mass is 35.5. The molecule has 2 aromatic carbocycles. The zero-order chi connectivity index (χ0) is 19.2. The molecule has 0 heterocycles. The van der Waals surface area contributed by atoms with Crippen LogP contribution in [0.25, 0.3) is 0 Å². The maximum atomic E-state index is 12.5. The van der Waals surface area contributed by atoms with Crippen LogP contribution in [0.3, 0.4) is 0 Å². The van der Waals surface area contributed by atoms with Crippen molar-refractivity contribution >= 4 is 17.5 Å². The molecule has 0 atom stereocenters. The van der Waals surface area contributed by atoms with Crippen LogP contribution in [0.1, 0.15) is 41.6 Å². The fourth-order valence-electron chi connectivity index (χ4n) is 3.20. The number of ether oxygens (including phenoxy) is 2. The fourth-order valence-corrected chi connectivity index (χ4v) is 3.33. The SMILES string of the molecule is COc1cc(C(=O)NC2CCC(N)CC2)ccc1OCc1ccc(Cl)cc1. The third kappa shape index (κ3) is 5.37. The quantitative estimate of drug-likeness (QED) is 0.786. The highest BCUT2D eigenvalue weighted by Gasteiger charge is 2.21. The number of hydrogen-bond acceptors (Lipinski definition) is 4. The highest BCUT2D eigenvalue weighted by molar-refractivity contribution is 6.30. The van der Waals surface area contributed by atoms with E-state index in [9.17, 15) is 4.79 Å². The van der Waals surface area contributed by atoms with Gasteiger partial charge < -0.3 is 20.5 Å². The van der Waals surface area contributed by atoms with E-state index in [2.05, 4.69) is 5.32 Å². The lowest BCUT2D eigenvalue weighted by molar-refractivity contribution is 0.0925. The van der Waals surface area contributed by atoms with Crippen LogP contribution in [0.4, 0.5) is 0 Å². The molecule has 1 aliphatic rings. The highest BCUT2D eigenvalue weighted by Crippen LogP contribution is 2.29.